The van der Waals surface area contributed by atoms with Crippen molar-refractivity contribution < 1.29 is 14.9 Å². The zero-order chi connectivity index (χ0) is 18.0. The normalized spacial score (nSPS) is 57.9. The molecular weight excluding hydrogens is 312 g/mol. The molecule has 3 heteroatoms. The minimum atomic E-state index is -1.14. The van der Waals surface area contributed by atoms with E-state index in [1.807, 2.05) is 0 Å². The molecule has 0 saturated heterocycles. The smallest absolute Gasteiger partial charge is 0.156 e. The Hall–Kier alpha value is -0.560. The molecule has 0 aromatic carbocycles. The summed E-state index contributed by atoms with van der Waals surface area (Å²) < 4.78 is 5.67. The predicted octanol–water partition coefficient (Wildman–Crippen LogP) is 3.38. The van der Waals surface area contributed by atoms with Crippen molar-refractivity contribution in [1.29, 1.82) is 0 Å². The fourth-order valence-corrected chi connectivity index (χ4v) is 7.76. The molecule has 4 rings (SSSR count). The second kappa shape index (κ2) is 5.72. The first-order valence-corrected chi connectivity index (χ1v) is 10.2. The van der Waals surface area contributed by atoms with Crippen molar-refractivity contribution in [3.05, 3.63) is 0 Å². The molecule has 0 amide bonds. The molecule has 9 atom stereocenters. The number of terminal acetylenes is 1. The van der Waals surface area contributed by atoms with Gasteiger partial charge in [0.2, 0.25) is 0 Å². The van der Waals surface area contributed by atoms with Crippen molar-refractivity contribution in [2.24, 2.45) is 34.5 Å². The molecule has 4 unspecified atom stereocenters. The molecule has 0 bridgehead atoms. The van der Waals surface area contributed by atoms with Crippen LogP contribution in [-0.4, -0.2) is 35.1 Å². The van der Waals surface area contributed by atoms with Gasteiger partial charge in [-0.25, -0.2) is 0 Å². The Balaban J connectivity index is 1.67. The van der Waals surface area contributed by atoms with Gasteiger partial charge >= 0.3 is 0 Å². The van der Waals surface area contributed by atoms with Gasteiger partial charge in [0.1, 0.15) is 0 Å². The van der Waals surface area contributed by atoms with E-state index < -0.39 is 5.60 Å². The second-order valence-corrected chi connectivity index (χ2v) is 9.91. The fraction of sp³-hybridized carbons (Fsp3) is 0.909. The number of aliphatic hydroxyl groups is 2. The van der Waals surface area contributed by atoms with Crippen LogP contribution in [0.3, 0.4) is 0 Å². The Morgan fingerprint density at radius 2 is 1.80 bits per heavy atom. The molecule has 2 N–H and O–H groups in total. The third-order valence-corrected chi connectivity index (χ3v) is 9.34. The highest BCUT2D eigenvalue weighted by atomic mass is 16.5. The summed E-state index contributed by atoms with van der Waals surface area (Å²) in [5.41, 5.74) is -1.03. The molecule has 0 heterocycles. The highest BCUT2D eigenvalue weighted by Crippen LogP contribution is 2.68. The van der Waals surface area contributed by atoms with E-state index in [0.29, 0.717) is 29.1 Å². The van der Waals surface area contributed by atoms with Crippen LogP contribution in [0.1, 0.15) is 65.2 Å². The van der Waals surface area contributed by atoms with Gasteiger partial charge in [-0.1, -0.05) is 19.8 Å². The van der Waals surface area contributed by atoms with Crippen molar-refractivity contribution in [2.75, 3.05) is 7.11 Å². The van der Waals surface area contributed by atoms with E-state index in [9.17, 15) is 10.2 Å². The van der Waals surface area contributed by atoms with E-state index in [1.165, 1.54) is 12.8 Å². The molecule has 4 aliphatic carbocycles. The lowest BCUT2D eigenvalue weighted by atomic mass is 9.44. The first kappa shape index (κ1) is 17.8. The maximum Gasteiger partial charge on any atom is 0.156 e. The summed E-state index contributed by atoms with van der Waals surface area (Å²) in [7, 11) is 1.69. The van der Waals surface area contributed by atoms with E-state index in [1.54, 1.807) is 7.11 Å². The Bertz CT molecular complexity index is 582. The molecular formula is C22H34O3. The number of ether oxygens (including phenoxy) is 1. The number of rotatable bonds is 1. The van der Waals surface area contributed by atoms with E-state index in [2.05, 4.69) is 19.8 Å². The first-order valence-electron chi connectivity index (χ1n) is 10.2. The van der Waals surface area contributed by atoms with Crippen molar-refractivity contribution in [3.63, 3.8) is 0 Å². The Kier molecular flexibility index (Phi) is 4.08. The van der Waals surface area contributed by atoms with E-state index in [-0.39, 0.29) is 17.6 Å². The summed E-state index contributed by atoms with van der Waals surface area (Å²) in [5.74, 6) is 5.19. The molecule has 25 heavy (non-hydrogen) atoms. The summed E-state index contributed by atoms with van der Waals surface area (Å²) in [6.45, 7) is 4.70. The average Bonchev–Trinajstić information content (AvgIpc) is 2.83. The zero-order valence-corrected chi connectivity index (χ0v) is 16.0. The van der Waals surface area contributed by atoms with Crippen LogP contribution in [-0.2, 0) is 4.74 Å². The average molecular weight is 347 g/mol. The second-order valence-electron chi connectivity index (χ2n) is 9.91. The van der Waals surface area contributed by atoms with Gasteiger partial charge in [-0.2, -0.15) is 0 Å². The Morgan fingerprint density at radius 1 is 1.04 bits per heavy atom. The fourth-order valence-electron chi connectivity index (χ4n) is 7.76. The highest BCUT2D eigenvalue weighted by Gasteiger charge is 2.67. The summed E-state index contributed by atoms with van der Waals surface area (Å²) >= 11 is 0. The van der Waals surface area contributed by atoms with Gasteiger partial charge in [0.05, 0.1) is 12.2 Å². The number of hydrogen-bond donors (Lipinski definition) is 2. The third-order valence-electron chi connectivity index (χ3n) is 9.34. The van der Waals surface area contributed by atoms with E-state index in [0.717, 1.165) is 38.5 Å². The summed E-state index contributed by atoms with van der Waals surface area (Å²) in [4.78, 5) is 0. The van der Waals surface area contributed by atoms with Gasteiger partial charge in [-0.05, 0) is 80.5 Å². The largest absolute Gasteiger partial charge is 0.393 e. The first-order chi connectivity index (χ1) is 11.8. The molecule has 3 nitrogen and oxygen atoms in total. The molecule has 4 saturated carbocycles. The van der Waals surface area contributed by atoms with Gasteiger partial charge in [-0.3, -0.25) is 0 Å². The van der Waals surface area contributed by atoms with E-state index in [4.69, 9.17) is 11.2 Å². The quantitative estimate of drug-likeness (QED) is 0.716. The van der Waals surface area contributed by atoms with Gasteiger partial charge in [0.25, 0.3) is 0 Å². The Morgan fingerprint density at radius 3 is 2.48 bits per heavy atom. The zero-order valence-electron chi connectivity index (χ0n) is 16.0. The molecule has 0 aromatic heterocycles. The highest BCUT2D eigenvalue weighted by molar-refractivity contribution is 5.27. The standard InChI is InChI=1S/C22H34O3/c1-5-22(24)19(25-4)13-18-16-7-6-14-12-15(23)8-10-20(14,2)17(16)9-11-21(18,22)3/h1,14-19,23-24H,6-13H2,2-4H3/t14?,15?,16-,17-,18+,19?,20+,21+,22?/m1/s1. The minimum Gasteiger partial charge on any atom is -0.393 e. The monoisotopic (exact) mass is 346 g/mol. The molecule has 4 fully saturated rings. The Labute approximate surface area is 152 Å². The number of methoxy groups -OCH3 is 1. The number of fused-ring (bicyclic) bond motifs is 5. The van der Waals surface area contributed by atoms with Crippen molar-refractivity contribution in [2.45, 2.75) is 83.0 Å². The van der Waals surface area contributed by atoms with Crippen LogP contribution < -0.4 is 0 Å². The van der Waals surface area contributed by atoms with Crippen LogP contribution >= 0.6 is 0 Å². The lowest BCUT2D eigenvalue weighted by Crippen LogP contribution is -2.57. The lowest BCUT2D eigenvalue weighted by Gasteiger charge is -2.61. The van der Waals surface area contributed by atoms with E-state index >= 15 is 0 Å². The molecule has 0 aromatic rings. The summed E-state index contributed by atoms with van der Waals surface area (Å²) in [6.07, 6.45) is 14.0. The van der Waals surface area contributed by atoms with Crippen LogP contribution in [0.5, 0.6) is 0 Å². The van der Waals surface area contributed by atoms with Crippen LogP contribution in [0.4, 0.5) is 0 Å². The van der Waals surface area contributed by atoms with Crippen LogP contribution in [0.25, 0.3) is 0 Å². The topological polar surface area (TPSA) is 49.7 Å². The van der Waals surface area contributed by atoms with Crippen molar-refractivity contribution >= 4 is 0 Å². The van der Waals surface area contributed by atoms with Gasteiger partial charge < -0.3 is 14.9 Å². The van der Waals surface area contributed by atoms with Crippen LogP contribution in [0.2, 0.25) is 0 Å². The molecule has 0 aliphatic heterocycles. The van der Waals surface area contributed by atoms with Gasteiger partial charge in [-0.15, -0.1) is 6.42 Å². The summed E-state index contributed by atoms with van der Waals surface area (Å²) in [5, 5.41) is 21.5. The maximum absolute atomic E-state index is 11.3. The lowest BCUT2D eigenvalue weighted by molar-refractivity contribution is -0.153. The van der Waals surface area contributed by atoms with Crippen LogP contribution in [0, 0.1) is 46.8 Å². The molecule has 140 valence electrons. The summed E-state index contributed by atoms with van der Waals surface area (Å²) in [6, 6.07) is 0. The third kappa shape index (κ3) is 2.17. The maximum atomic E-state index is 11.3. The van der Waals surface area contributed by atoms with Gasteiger partial charge in [0.15, 0.2) is 5.60 Å². The molecule has 0 spiro atoms. The SMILES string of the molecule is C#CC1(O)C(OC)C[C@H]2[C@@H]3CCC4CC(O)CC[C@]4(C)[C@@H]3CC[C@@]21C. The molecule has 0 radical (unpaired) electrons. The van der Waals surface area contributed by atoms with Crippen LogP contribution in [0.15, 0.2) is 0 Å². The van der Waals surface area contributed by atoms with Gasteiger partial charge in [0, 0.05) is 12.5 Å². The number of hydrogen-bond acceptors (Lipinski definition) is 3. The number of aliphatic hydroxyl groups excluding tert-OH is 1. The van der Waals surface area contributed by atoms with Crippen molar-refractivity contribution in [3.8, 4) is 12.3 Å². The minimum absolute atomic E-state index is 0.0978. The predicted molar refractivity (Wildman–Crippen MR) is 97.7 cm³/mol. The molecule has 4 aliphatic rings. The van der Waals surface area contributed by atoms with Crippen molar-refractivity contribution in [1.82, 2.24) is 0 Å².